The van der Waals surface area contributed by atoms with Gasteiger partial charge in [0.25, 0.3) is 0 Å². The number of rotatable bonds is 3. The summed E-state index contributed by atoms with van der Waals surface area (Å²) in [5, 5.41) is 11.9. The van der Waals surface area contributed by atoms with Gasteiger partial charge in [0, 0.05) is 0 Å². The van der Waals surface area contributed by atoms with Crippen LogP contribution in [0.15, 0.2) is 30.4 Å². The minimum absolute atomic E-state index is 0.0652. The summed E-state index contributed by atoms with van der Waals surface area (Å²) in [6.07, 6.45) is 4.46. The number of anilines is 1. The number of carbonyl (C=O) groups excluding carboxylic acids is 1. The van der Waals surface area contributed by atoms with Crippen LogP contribution in [0.4, 0.5) is 10.1 Å². The summed E-state index contributed by atoms with van der Waals surface area (Å²) < 4.78 is 13.8. The van der Waals surface area contributed by atoms with Crippen molar-refractivity contribution in [2.45, 2.75) is 13.3 Å². The zero-order valence-corrected chi connectivity index (χ0v) is 11.5. The fourth-order valence-electron chi connectivity index (χ4n) is 3.45. The monoisotopic (exact) mass is 289 g/mol. The fourth-order valence-corrected chi connectivity index (χ4v) is 3.45. The van der Waals surface area contributed by atoms with Gasteiger partial charge in [0.05, 0.1) is 17.5 Å². The predicted molar refractivity (Wildman–Crippen MR) is 75.1 cm³/mol. The highest BCUT2D eigenvalue weighted by atomic mass is 19.1. The van der Waals surface area contributed by atoms with Crippen molar-refractivity contribution in [3.05, 3.63) is 41.7 Å². The lowest BCUT2D eigenvalue weighted by molar-refractivity contribution is -0.146. The molecule has 0 heterocycles. The van der Waals surface area contributed by atoms with Gasteiger partial charge in [-0.2, -0.15) is 0 Å². The van der Waals surface area contributed by atoms with E-state index in [9.17, 15) is 19.1 Å². The Morgan fingerprint density at radius 3 is 2.52 bits per heavy atom. The molecule has 0 radical (unpaired) electrons. The number of benzene rings is 1. The molecule has 1 amide bonds. The molecule has 4 unspecified atom stereocenters. The van der Waals surface area contributed by atoms with E-state index in [0.29, 0.717) is 6.42 Å². The van der Waals surface area contributed by atoms with E-state index in [4.69, 9.17) is 0 Å². The molecule has 0 saturated heterocycles. The van der Waals surface area contributed by atoms with Gasteiger partial charge < -0.3 is 10.4 Å². The van der Waals surface area contributed by atoms with E-state index >= 15 is 0 Å². The summed E-state index contributed by atoms with van der Waals surface area (Å²) in [7, 11) is 0. The smallest absolute Gasteiger partial charge is 0.307 e. The number of halogens is 1. The Labute approximate surface area is 121 Å². The van der Waals surface area contributed by atoms with Crippen molar-refractivity contribution in [2.24, 2.45) is 23.7 Å². The van der Waals surface area contributed by atoms with Gasteiger partial charge in [-0.25, -0.2) is 4.39 Å². The number of allylic oxidation sites excluding steroid dienone is 2. The van der Waals surface area contributed by atoms with Crippen LogP contribution in [0.5, 0.6) is 0 Å². The molecule has 1 fully saturated rings. The maximum absolute atomic E-state index is 13.8. The summed E-state index contributed by atoms with van der Waals surface area (Å²) in [6.45, 7) is 1.76. The van der Waals surface area contributed by atoms with E-state index in [1.54, 1.807) is 13.0 Å². The Morgan fingerprint density at radius 2 is 1.90 bits per heavy atom. The molecule has 2 aliphatic rings. The normalized spacial score (nSPS) is 29.6. The van der Waals surface area contributed by atoms with Crippen molar-refractivity contribution < 1.29 is 19.1 Å². The number of aliphatic carboxylic acids is 1. The van der Waals surface area contributed by atoms with Crippen LogP contribution < -0.4 is 5.32 Å². The summed E-state index contributed by atoms with van der Waals surface area (Å²) in [5.41, 5.74) is 0.859. The zero-order valence-electron chi connectivity index (χ0n) is 11.5. The third-order valence-electron chi connectivity index (χ3n) is 4.43. The minimum Gasteiger partial charge on any atom is -0.481 e. The van der Waals surface area contributed by atoms with Gasteiger partial charge in [-0.15, -0.1) is 0 Å². The Bertz CT molecular complexity index is 640. The average Bonchev–Trinajstić information content (AvgIpc) is 3.02. The number of carbonyl (C=O) groups is 2. The van der Waals surface area contributed by atoms with Crippen LogP contribution >= 0.6 is 0 Å². The first-order chi connectivity index (χ1) is 9.97. The molecule has 110 valence electrons. The second-order valence-corrected chi connectivity index (χ2v) is 5.81. The topological polar surface area (TPSA) is 66.4 Å². The number of nitrogens with one attached hydrogen (secondary N) is 1. The summed E-state index contributed by atoms with van der Waals surface area (Å²) in [5.74, 6) is -3.38. The molecule has 1 saturated carbocycles. The molecule has 0 spiro atoms. The first-order valence-electron chi connectivity index (χ1n) is 6.95. The van der Waals surface area contributed by atoms with Crippen molar-refractivity contribution in [3.63, 3.8) is 0 Å². The van der Waals surface area contributed by atoms with Crippen LogP contribution in [0.2, 0.25) is 0 Å². The lowest BCUT2D eigenvalue weighted by Gasteiger charge is -2.24. The molecule has 2 bridgehead atoms. The third-order valence-corrected chi connectivity index (χ3v) is 4.43. The first-order valence-corrected chi connectivity index (χ1v) is 6.95. The van der Waals surface area contributed by atoms with Crippen LogP contribution in [0.1, 0.15) is 12.0 Å². The number of carboxylic acid groups (broad SMARTS) is 1. The molecular weight excluding hydrogens is 273 g/mol. The molecule has 21 heavy (non-hydrogen) atoms. The van der Waals surface area contributed by atoms with E-state index in [0.717, 1.165) is 5.56 Å². The number of aryl methyl sites for hydroxylation is 1. The fraction of sp³-hybridized carbons (Fsp3) is 0.375. The summed E-state index contributed by atoms with van der Waals surface area (Å²) in [6, 6.07) is 4.54. The van der Waals surface area contributed by atoms with Crippen molar-refractivity contribution >= 4 is 17.6 Å². The number of fused-ring (bicyclic) bond motifs is 2. The van der Waals surface area contributed by atoms with Crippen molar-refractivity contribution in [1.29, 1.82) is 0 Å². The standard InChI is InChI=1S/C16H16FNO3/c1-8-2-5-12(11(17)6-8)18-15(19)13-9-3-4-10(7-9)14(13)16(20)21/h2-6,9-10,13-14H,7H2,1H3,(H,18,19)(H,20,21). The summed E-state index contributed by atoms with van der Waals surface area (Å²) in [4.78, 5) is 23.8. The maximum Gasteiger partial charge on any atom is 0.307 e. The SMILES string of the molecule is Cc1ccc(NC(=O)C2C3C=CC(C3)C2C(=O)O)c(F)c1. The van der Waals surface area contributed by atoms with Gasteiger partial charge in [-0.05, 0) is 42.9 Å². The van der Waals surface area contributed by atoms with Gasteiger partial charge in [-0.1, -0.05) is 18.2 Å². The molecule has 1 aromatic rings. The molecule has 4 atom stereocenters. The minimum atomic E-state index is -0.962. The van der Waals surface area contributed by atoms with Gasteiger partial charge in [0.2, 0.25) is 5.91 Å². The lowest BCUT2D eigenvalue weighted by atomic mass is 9.82. The summed E-state index contributed by atoms with van der Waals surface area (Å²) >= 11 is 0. The maximum atomic E-state index is 13.8. The number of hydrogen-bond acceptors (Lipinski definition) is 2. The second-order valence-electron chi connectivity index (χ2n) is 5.81. The van der Waals surface area contributed by atoms with Gasteiger partial charge >= 0.3 is 5.97 Å². The Kier molecular flexibility index (Phi) is 3.27. The van der Waals surface area contributed by atoms with Crippen LogP contribution in [-0.4, -0.2) is 17.0 Å². The van der Waals surface area contributed by atoms with Crippen molar-refractivity contribution in [2.75, 3.05) is 5.32 Å². The van der Waals surface area contributed by atoms with Gasteiger partial charge in [-0.3, -0.25) is 9.59 Å². The van der Waals surface area contributed by atoms with E-state index in [-0.39, 0.29) is 17.5 Å². The molecule has 4 nitrogen and oxygen atoms in total. The number of carboxylic acids is 1. The first kappa shape index (κ1) is 13.8. The highest BCUT2D eigenvalue weighted by Crippen LogP contribution is 2.48. The molecule has 0 aliphatic heterocycles. The van der Waals surface area contributed by atoms with Gasteiger partial charge in [0.15, 0.2) is 0 Å². The van der Waals surface area contributed by atoms with Crippen LogP contribution in [0.3, 0.4) is 0 Å². The highest BCUT2D eigenvalue weighted by molar-refractivity contribution is 5.96. The largest absolute Gasteiger partial charge is 0.481 e. The molecule has 0 aromatic heterocycles. The molecule has 2 aliphatic carbocycles. The van der Waals surface area contributed by atoms with Crippen molar-refractivity contribution in [3.8, 4) is 0 Å². The molecule has 5 heteroatoms. The number of amides is 1. The van der Waals surface area contributed by atoms with Crippen LogP contribution in [-0.2, 0) is 9.59 Å². The zero-order chi connectivity index (χ0) is 15.1. The van der Waals surface area contributed by atoms with Gasteiger partial charge in [0.1, 0.15) is 5.82 Å². The quantitative estimate of drug-likeness (QED) is 0.841. The number of hydrogen-bond donors (Lipinski definition) is 2. The predicted octanol–water partition coefficient (Wildman–Crippen LogP) is 2.60. The third kappa shape index (κ3) is 2.33. The van der Waals surface area contributed by atoms with E-state index in [2.05, 4.69) is 5.32 Å². The Balaban J connectivity index is 1.82. The highest BCUT2D eigenvalue weighted by Gasteiger charge is 2.51. The Morgan fingerprint density at radius 1 is 1.24 bits per heavy atom. The molecular formula is C16H16FNO3. The molecule has 2 N–H and O–H groups in total. The van der Waals surface area contributed by atoms with E-state index in [1.807, 2.05) is 12.2 Å². The molecule has 3 rings (SSSR count). The van der Waals surface area contributed by atoms with Crippen LogP contribution in [0, 0.1) is 36.4 Å². The molecule has 1 aromatic carbocycles. The second kappa shape index (κ2) is 4.98. The Hall–Kier alpha value is -2.17. The van der Waals surface area contributed by atoms with E-state index in [1.165, 1.54) is 12.1 Å². The van der Waals surface area contributed by atoms with E-state index < -0.39 is 29.5 Å². The van der Waals surface area contributed by atoms with Crippen LogP contribution in [0.25, 0.3) is 0 Å². The van der Waals surface area contributed by atoms with Crippen molar-refractivity contribution in [1.82, 2.24) is 0 Å². The lowest BCUT2D eigenvalue weighted by Crippen LogP contribution is -2.36. The average molecular weight is 289 g/mol.